The van der Waals surface area contributed by atoms with Gasteiger partial charge in [0.15, 0.2) is 0 Å². The predicted octanol–water partition coefficient (Wildman–Crippen LogP) is 6.76. The predicted molar refractivity (Wildman–Crippen MR) is 145 cm³/mol. The maximum absolute atomic E-state index is 10.4. The number of benzene rings is 1. The molecule has 1 N–H and O–H groups in total. The number of hydrogen-bond acceptors (Lipinski definition) is 5. The van der Waals surface area contributed by atoms with Crippen molar-refractivity contribution < 1.29 is 24.1 Å². The molecule has 204 valence electrons. The van der Waals surface area contributed by atoms with Crippen LogP contribution in [0.5, 0.6) is 0 Å². The highest BCUT2D eigenvalue weighted by Gasteiger charge is 2.33. The number of aliphatic hydroxyl groups is 1. The van der Waals surface area contributed by atoms with Gasteiger partial charge in [0.2, 0.25) is 0 Å². The molecule has 0 bridgehead atoms. The molecule has 36 heavy (non-hydrogen) atoms. The Labute approximate surface area is 219 Å². The SMILES string of the molecule is C=CC[C@H]1C[C@@H](OCc2ccccc2)C[C@@H](C[C@@H](C[C@@H]2CCC[C@@H](C[C@@H](O)CCCCC)O2)OC)O1. The van der Waals surface area contributed by atoms with Crippen molar-refractivity contribution in [3.8, 4) is 0 Å². The van der Waals surface area contributed by atoms with E-state index in [9.17, 15) is 5.11 Å². The quantitative estimate of drug-likeness (QED) is 0.200. The third-order valence-electron chi connectivity index (χ3n) is 7.69. The van der Waals surface area contributed by atoms with Crippen LogP contribution in [0, 0.1) is 0 Å². The molecule has 0 radical (unpaired) electrons. The molecule has 2 heterocycles. The van der Waals surface area contributed by atoms with E-state index in [1.807, 2.05) is 12.1 Å². The van der Waals surface area contributed by atoms with Crippen LogP contribution in [0.3, 0.4) is 0 Å². The van der Waals surface area contributed by atoms with Crippen LogP contribution in [-0.4, -0.2) is 54.9 Å². The minimum absolute atomic E-state index is 0.0884. The topological polar surface area (TPSA) is 57.2 Å². The molecule has 5 nitrogen and oxygen atoms in total. The zero-order valence-corrected chi connectivity index (χ0v) is 22.7. The van der Waals surface area contributed by atoms with Crippen molar-refractivity contribution >= 4 is 0 Å². The Morgan fingerprint density at radius 3 is 2.42 bits per heavy atom. The third kappa shape index (κ3) is 10.6. The summed E-state index contributed by atoms with van der Waals surface area (Å²) in [6.45, 7) is 6.75. The molecule has 7 atom stereocenters. The normalized spacial score (nSPS) is 28.5. The molecule has 1 aromatic carbocycles. The molecule has 2 aliphatic heterocycles. The first kappa shape index (κ1) is 29.3. The van der Waals surface area contributed by atoms with Crippen molar-refractivity contribution in [3.05, 3.63) is 48.6 Å². The summed E-state index contributed by atoms with van der Waals surface area (Å²) < 4.78 is 25.1. The van der Waals surface area contributed by atoms with E-state index in [1.165, 1.54) is 18.4 Å². The molecule has 2 fully saturated rings. The summed E-state index contributed by atoms with van der Waals surface area (Å²) in [6.07, 6.45) is 15.3. The van der Waals surface area contributed by atoms with E-state index in [-0.39, 0.29) is 42.7 Å². The van der Waals surface area contributed by atoms with Gasteiger partial charge < -0.3 is 24.1 Å². The fraction of sp³-hybridized carbons (Fsp3) is 0.742. The Hall–Kier alpha value is -1.24. The molecule has 0 spiro atoms. The van der Waals surface area contributed by atoms with Gasteiger partial charge in [-0.25, -0.2) is 0 Å². The number of methoxy groups -OCH3 is 1. The van der Waals surface area contributed by atoms with E-state index < -0.39 is 0 Å². The summed E-state index contributed by atoms with van der Waals surface area (Å²) in [4.78, 5) is 0. The maximum Gasteiger partial charge on any atom is 0.0720 e. The molecule has 0 aliphatic carbocycles. The van der Waals surface area contributed by atoms with Crippen LogP contribution in [0.1, 0.15) is 96.0 Å². The Morgan fingerprint density at radius 1 is 1.00 bits per heavy atom. The van der Waals surface area contributed by atoms with Gasteiger partial charge in [-0.05, 0) is 63.4 Å². The molecule has 0 saturated carbocycles. The molecule has 5 heteroatoms. The second-order valence-electron chi connectivity index (χ2n) is 10.8. The van der Waals surface area contributed by atoms with Gasteiger partial charge in [0.25, 0.3) is 0 Å². The number of ether oxygens (including phenoxy) is 4. The largest absolute Gasteiger partial charge is 0.393 e. The second kappa shape index (κ2) is 16.6. The van der Waals surface area contributed by atoms with E-state index in [1.54, 1.807) is 7.11 Å². The minimum atomic E-state index is -0.247. The van der Waals surface area contributed by atoms with E-state index in [0.29, 0.717) is 6.61 Å². The molecular weight excluding hydrogens is 452 g/mol. The first-order valence-corrected chi connectivity index (χ1v) is 14.4. The molecule has 2 aliphatic rings. The lowest BCUT2D eigenvalue weighted by Crippen LogP contribution is -2.40. The van der Waals surface area contributed by atoms with Gasteiger partial charge >= 0.3 is 0 Å². The van der Waals surface area contributed by atoms with Crippen LogP contribution in [0.25, 0.3) is 0 Å². The van der Waals surface area contributed by atoms with Gasteiger partial charge in [-0.3, -0.25) is 0 Å². The lowest BCUT2D eigenvalue weighted by Gasteiger charge is -2.37. The molecular formula is C31H50O5. The molecule has 0 aromatic heterocycles. The summed E-state index contributed by atoms with van der Waals surface area (Å²) >= 11 is 0. The average molecular weight is 503 g/mol. The molecule has 0 unspecified atom stereocenters. The summed E-state index contributed by atoms with van der Waals surface area (Å²) in [6, 6.07) is 10.4. The number of rotatable bonds is 16. The summed E-state index contributed by atoms with van der Waals surface area (Å²) in [5, 5.41) is 10.4. The van der Waals surface area contributed by atoms with Crippen LogP contribution < -0.4 is 0 Å². The van der Waals surface area contributed by atoms with E-state index in [4.69, 9.17) is 18.9 Å². The lowest BCUT2D eigenvalue weighted by atomic mass is 9.92. The zero-order valence-electron chi connectivity index (χ0n) is 22.7. The first-order valence-electron chi connectivity index (χ1n) is 14.4. The number of hydrogen-bond donors (Lipinski definition) is 1. The standard InChI is InChI=1S/C31H50O5/c1-4-6-8-15-25(32)18-27-16-11-17-28(35-27)19-29(33-3)21-31-22-30(20-26(36-31)12-5-2)34-23-24-13-9-7-10-14-24/h5,7,9-10,13-14,25-32H,2,4,6,8,11-12,15-23H2,1,3H3/t25-,26-,27-,28-,29+,30+,31+/m0/s1. The average Bonchev–Trinajstić information content (AvgIpc) is 2.88. The Kier molecular flexibility index (Phi) is 13.5. The lowest BCUT2D eigenvalue weighted by molar-refractivity contribution is -0.135. The highest BCUT2D eigenvalue weighted by atomic mass is 16.5. The third-order valence-corrected chi connectivity index (χ3v) is 7.69. The van der Waals surface area contributed by atoms with Crippen LogP contribution in [-0.2, 0) is 25.6 Å². The first-order chi connectivity index (χ1) is 17.6. The van der Waals surface area contributed by atoms with Crippen LogP contribution in [0.2, 0.25) is 0 Å². The fourth-order valence-corrected chi connectivity index (χ4v) is 5.73. The number of aliphatic hydroxyl groups excluding tert-OH is 1. The molecule has 0 amide bonds. The van der Waals surface area contributed by atoms with Crippen molar-refractivity contribution in [2.75, 3.05) is 7.11 Å². The Bertz CT molecular complexity index is 710. The van der Waals surface area contributed by atoms with Crippen LogP contribution in [0.4, 0.5) is 0 Å². The molecule has 3 rings (SSSR count). The van der Waals surface area contributed by atoms with Crippen LogP contribution >= 0.6 is 0 Å². The van der Waals surface area contributed by atoms with Gasteiger partial charge in [0.05, 0.1) is 49.3 Å². The summed E-state index contributed by atoms with van der Waals surface area (Å²) in [5.74, 6) is 0. The summed E-state index contributed by atoms with van der Waals surface area (Å²) in [5.41, 5.74) is 1.20. The van der Waals surface area contributed by atoms with Gasteiger partial charge in [0, 0.05) is 13.5 Å². The molecule has 1 aromatic rings. The highest BCUT2D eigenvalue weighted by Crippen LogP contribution is 2.31. The van der Waals surface area contributed by atoms with Gasteiger partial charge in [-0.1, -0.05) is 62.6 Å². The second-order valence-corrected chi connectivity index (χ2v) is 10.8. The monoisotopic (exact) mass is 502 g/mol. The van der Waals surface area contributed by atoms with Gasteiger partial charge in [0.1, 0.15) is 0 Å². The van der Waals surface area contributed by atoms with Crippen molar-refractivity contribution in [1.29, 1.82) is 0 Å². The van der Waals surface area contributed by atoms with Crippen molar-refractivity contribution in [1.82, 2.24) is 0 Å². The Morgan fingerprint density at radius 2 is 1.69 bits per heavy atom. The zero-order chi connectivity index (χ0) is 25.6. The van der Waals surface area contributed by atoms with Crippen molar-refractivity contribution in [2.24, 2.45) is 0 Å². The Balaban J connectivity index is 1.47. The highest BCUT2D eigenvalue weighted by molar-refractivity contribution is 5.13. The van der Waals surface area contributed by atoms with E-state index in [2.05, 4.69) is 37.8 Å². The van der Waals surface area contributed by atoms with Crippen LogP contribution in [0.15, 0.2) is 43.0 Å². The molecule has 2 saturated heterocycles. The smallest absolute Gasteiger partial charge is 0.0720 e. The van der Waals surface area contributed by atoms with Gasteiger partial charge in [-0.2, -0.15) is 0 Å². The fourth-order valence-electron chi connectivity index (χ4n) is 5.73. The maximum atomic E-state index is 10.4. The van der Waals surface area contributed by atoms with E-state index >= 15 is 0 Å². The van der Waals surface area contributed by atoms with Crippen molar-refractivity contribution in [2.45, 2.75) is 140 Å². The van der Waals surface area contributed by atoms with Gasteiger partial charge in [-0.15, -0.1) is 6.58 Å². The summed E-state index contributed by atoms with van der Waals surface area (Å²) in [7, 11) is 1.80. The number of unbranched alkanes of at least 4 members (excludes halogenated alkanes) is 2. The minimum Gasteiger partial charge on any atom is -0.393 e. The van der Waals surface area contributed by atoms with Crippen molar-refractivity contribution in [3.63, 3.8) is 0 Å². The van der Waals surface area contributed by atoms with E-state index in [0.717, 1.165) is 70.6 Å².